The van der Waals surface area contributed by atoms with Gasteiger partial charge in [0.05, 0.1) is 0 Å². The number of carbonyl (C=O) groups excluding carboxylic acids is 1. The SMILES string of the molecule is Cc1ccc(C(=O)NCC2CCCC2Cl)cc1O. The standard InChI is InChI=1S/C14H18ClNO2/c1-9-5-6-10(7-13(9)17)14(18)16-8-11-3-2-4-12(11)15/h5-7,11-12,17H,2-4,8H2,1H3,(H,16,18). The number of nitrogens with one attached hydrogen (secondary N) is 1. The summed E-state index contributed by atoms with van der Waals surface area (Å²) in [4.78, 5) is 11.9. The van der Waals surface area contributed by atoms with Gasteiger partial charge in [-0.3, -0.25) is 4.79 Å². The van der Waals surface area contributed by atoms with Gasteiger partial charge in [-0.2, -0.15) is 0 Å². The van der Waals surface area contributed by atoms with Crippen LogP contribution in [0.5, 0.6) is 5.75 Å². The maximum atomic E-state index is 11.9. The molecule has 1 aliphatic rings. The minimum atomic E-state index is -0.152. The number of alkyl halides is 1. The summed E-state index contributed by atoms with van der Waals surface area (Å²) in [7, 11) is 0. The van der Waals surface area contributed by atoms with Crippen LogP contribution in [0, 0.1) is 12.8 Å². The fourth-order valence-corrected chi connectivity index (χ4v) is 2.67. The van der Waals surface area contributed by atoms with E-state index in [2.05, 4.69) is 5.32 Å². The van der Waals surface area contributed by atoms with Gasteiger partial charge in [0.2, 0.25) is 0 Å². The van der Waals surface area contributed by atoms with Crippen molar-refractivity contribution in [1.82, 2.24) is 5.32 Å². The molecule has 1 aliphatic carbocycles. The third-order valence-electron chi connectivity index (χ3n) is 3.56. The zero-order valence-corrected chi connectivity index (χ0v) is 11.2. The highest BCUT2D eigenvalue weighted by Crippen LogP contribution is 2.29. The van der Waals surface area contributed by atoms with E-state index in [9.17, 15) is 9.90 Å². The van der Waals surface area contributed by atoms with Gasteiger partial charge in [-0.15, -0.1) is 11.6 Å². The van der Waals surface area contributed by atoms with Gasteiger partial charge in [-0.05, 0) is 43.4 Å². The van der Waals surface area contributed by atoms with E-state index in [0.29, 0.717) is 18.0 Å². The summed E-state index contributed by atoms with van der Waals surface area (Å²) in [6, 6.07) is 4.96. The lowest BCUT2D eigenvalue weighted by atomic mass is 10.1. The number of hydrogen-bond donors (Lipinski definition) is 2. The molecule has 0 spiro atoms. The van der Waals surface area contributed by atoms with Crippen LogP contribution in [0.25, 0.3) is 0 Å². The minimum Gasteiger partial charge on any atom is -0.508 e. The van der Waals surface area contributed by atoms with E-state index < -0.39 is 0 Å². The van der Waals surface area contributed by atoms with Crippen LogP contribution in [0.1, 0.15) is 35.2 Å². The van der Waals surface area contributed by atoms with Gasteiger partial charge in [0.25, 0.3) is 5.91 Å². The molecule has 2 rings (SSSR count). The Morgan fingerprint density at radius 3 is 2.89 bits per heavy atom. The second kappa shape index (κ2) is 5.61. The molecule has 2 unspecified atom stereocenters. The highest BCUT2D eigenvalue weighted by Gasteiger charge is 2.25. The van der Waals surface area contributed by atoms with Crippen LogP contribution < -0.4 is 5.32 Å². The Labute approximate surface area is 112 Å². The topological polar surface area (TPSA) is 49.3 Å². The molecule has 4 heteroatoms. The van der Waals surface area contributed by atoms with Crippen molar-refractivity contribution in [2.75, 3.05) is 6.54 Å². The van der Waals surface area contributed by atoms with E-state index in [1.54, 1.807) is 19.1 Å². The summed E-state index contributed by atoms with van der Waals surface area (Å²) in [5, 5.41) is 12.6. The van der Waals surface area contributed by atoms with Gasteiger partial charge in [0.15, 0.2) is 0 Å². The second-order valence-electron chi connectivity index (χ2n) is 4.92. The van der Waals surface area contributed by atoms with Crippen LogP contribution in [0.3, 0.4) is 0 Å². The first-order valence-corrected chi connectivity index (χ1v) is 6.73. The van der Waals surface area contributed by atoms with Gasteiger partial charge >= 0.3 is 0 Å². The summed E-state index contributed by atoms with van der Waals surface area (Å²) in [5.41, 5.74) is 1.25. The molecule has 1 amide bonds. The van der Waals surface area contributed by atoms with Crippen molar-refractivity contribution in [2.24, 2.45) is 5.92 Å². The van der Waals surface area contributed by atoms with E-state index in [0.717, 1.165) is 24.8 Å². The van der Waals surface area contributed by atoms with E-state index in [-0.39, 0.29) is 17.0 Å². The average molecular weight is 268 g/mol. The summed E-state index contributed by atoms with van der Waals surface area (Å²) in [6.07, 6.45) is 3.25. The van der Waals surface area contributed by atoms with Crippen molar-refractivity contribution in [3.05, 3.63) is 29.3 Å². The quantitative estimate of drug-likeness (QED) is 0.828. The third-order valence-corrected chi connectivity index (χ3v) is 4.14. The van der Waals surface area contributed by atoms with Crippen LogP contribution in [-0.4, -0.2) is 22.9 Å². The third kappa shape index (κ3) is 2.96. The first-order valence-electron chi connectivity index (χ1n) is 6.30. The number of amides is 1. The van der Waals surface area contributed by atoms with Crippen molar-refractivity contribution in [3.63, 3.8) is 0 Å². The number of hydrogen-bond acceptors (Lipinski definition) is 2. The Bertz CT molecular complexity index is 447. The predicted octanol–water partition coefficient (Wildman–Crippen LogP) is 2.84. The molecule has 0 saturated heterocycles. The normalized spacial score (nSPS) is 23.0. The van der Waals surface area contributed by atoms with Crippen LogP contribution in [-0.2, 0) is 0 Å². The number of phenols is 1. The van der Waals surface area contributed by atoms with Crippen molar-refractivity contribution in [3.8, 4) is 5.75 Å². The fraction of sp³-hybridized carbons (Fsp3) is 0.500. The maximum absolute atomic E-state index is 11.9. The lowest BCUT2D eigenvalue weighted by molar-refractivity contribution is 0.0947. The molecule has 2 N–H and O–H groups in total. The molecule has 0 bridgehead atoms. The Hall–Kier alpha value is -1.22. The zero-order valence-electron chi connectivity index (χ0n) is 10.4. The first-order chi connectivity index (χ1) is 8.58. The van der Waals surface area contributed by atoms with E-state index in [4.69, 9.17) is 11.6 Å². The van der Waals surface area contributed by atoms with Crippen molar-refractivity contribution < 1.29 is 9.90 Å². The predicted molar refractivity (Wildman–Crippen MR) is 72.2 cm³/mol. The monoisotopic (exact) mass is 267 g/mol. The summed E-state index contributed by atoms with van der Waals surface area (Å²) < 4.78 is 0. The van der Waals surface area contributed by atoms with Gasteiger partial charge in [-0.1, -0.05) is 12.5 Å². The Kier molecular flexibility index (Phi) is 4.12. The Morgan fingerprint density at radius 2 is 2.28 bits per heavy atom. The molecule has 98 valence electrons. The molecule has 2 atom stereocenters. The van der Waals surface area contributed by atoms with Crippen LogP contribution in [0.15, 0.2) is 18.2 Å². The first kappa shape index (κ1) is 13.2. The largest absolute Gasteiger partial charge is 0.508 e. The fourth-order valence-electron chi connectivity index (χ4n) is 2.30. The number of carbonyl (C=O) groups is 1. The zero-order chi connectivity index (χ0) is 13.1. The number of aromatic hydroxyl groups is 1. The number of phenolic OH excluding ortho intramolecular Hbond substituents is 1. The lowest BCUT2D eigenvalue weighted by Gasteiger charge is -2.14. The van der Waals surface area contributed by atoms with Crippen molar-refractivity contribution in [1.29, 1.82) is 0 Å². The molecule has 0 radical (unpaired) electrons. The molecule has 0 aliphatic heterocycles. The summed E-state index contributed by atoms with van der Waals surface area (Å²) >= 11 is 6.16. The molecule has 3 nitrogen and oxygen atoms in total. The molecule has 18 heavy (non-hydrogen) atoms. The molecule has 0 aromatic heterocycles. The highest BCUT2D eigenvalue weighted by atomic mass is 35.5. The molecule has 1 saturated carbocycles. The lowest BCUT2D eigenvalue weighted by Crippen LogP contribution is -2.31. The smallest absolute Gasteiger partial charge is 0.251 e. The molecular weight excluding hydrogens is 250 g/mol. The van der Waals surface area contributed by atoms with Crippen molar-refractivity contribution >= 4 is 17.5 Å². The minimum absolute atomic E-state index is 0.152. The highest BCUT2D eigenvalue weighted by molar-refractivity contribution is 6.21. The van der Waals surface area contributed by atoms with E-state index in [1.807, 2.05) is 0 Å². The maximum Gasteiger partial charge on any atom is 0.251 e. The van der Waals surface area contributed by atoms with E-state index in [1.165, 1.54) is 6.07 Å². The number of rotatable bonds is 3. The molecule has 1 aromatic carbocycles. The molecule has 1 aromatic rings. The molecule has 1 fully saturated rings. The van der Waals surface area contributed by atoms with E-state index >= 15 is 0 Å². The van der Waals surface area contributed by atoms with Gasteiger partial charge < -0.3 is 10.4 Å². The van der Waals surface area contributed by atoms with Crippen LogP contribution >= 0.6 is 11.6 Å². The number of benzene rings is 1. The van der Waals surface area contributed by atoms with Gasteiger partial charge in [0, 0.05) is 17.5 Å². The molecular formula is C14H18ClNO2. The number of halogens is 1. The van der Waals surface area contributed by atoms with Crippen molar-refractivity contribution in [2.45, 2.75) is 31.6 Å². The number of aryl methyl sites for hydroxylation is 1. The Morgan fingerprint density at radius 1 is 1.50 bits per heavy atom. The second-order valence-corrected chi connectivity index (χ2v) is 5.48. The van der Waals surface area contributed by atoms with Gasteiger partial charge in [0.1, 0.15) is 5.75 Å². The summed E-state index contributed by atoms with van der Waals surface area (Å²) in [5.74, 6) is 0.370. The van der Waals surface area contributed by atoms with Crippen LogP contribution in [0.2, 0.25) is 0 Å². The van der Waals surface area contributed by atoms with Gasteiger partial charge in [-0.25, -0.2) is 0 Å². The summed E-state index contributed by atoms with van der Waals surface area (Å²) in [6.45, 7) is 2.41. The molecule has 0 heterocycles. The van der Waals surface area contributed by atoms with Crippen LogP contribution in [0.4, 0.5) is 0 Å². The Balaban J connectivity index is 1.93. The average Bonchev–Trinajstić information content (AvgIpc) is 2.75.